The van der Waals surface area contributed by atoms with Crippen LogP contribution in [0.5, 0.6) is 0 Å². The van der Waals surface area contributed by atoms with Crippen molar-refractivity contribution in [3.8, 4) is 22.5 Å². The summed E-state index contributed by atoms with van der Waals surface area (Å²) >= 11 is 0. The maximum Gasteiger partial charge on any atom is 0.0541 e. The minimum absolute atomic E-state index is 1.10. The van der Waals surface area contributed by atoms with Crippen LogP contribution in [-0.2, 0) is 0 Å². The van der Waals surface area contributed by atoms with Gasteiger partial charge in [-0.2, -0.15) is 0 Å². The van der Waals surface area contributed by atoms with Crippen molar-refractivity contribution in [2.45, 2.75) is 0 Å². The third-order valence-electron chi connectivity index (χ3n) is 11.1. The van der Waals surface area contributed by atoms with Crippen LogP contribution in [-0.4, -0.2) is 9.13 Å². The van der Waals surface area contributed by atoms with E-state index < -0.39 is 0 Å². The molecular formula is C52H35N3. The van der Waals surface area contributed by atoms with Gasteiger partial charge in [-0.3, -0.25) is 0 Å². The Kier molecular flexibility index (Phi) is 7.17. The lowest BCUT2D eigenvalue weighted by molar-refractivity contribution is 1.17. The van der Waals surface area contributed by atoms with Gasteiger partial charge in [0.15, 0.2) is 0 Å². The van der Waals surface area contributed by atoms with Gasteiger partial charge < -0.3 is 14.0 Å². The molecule has 3 heteroatoms. The Morgan fingerprint density at radius 1 is 0.291 bits per heavy atom. The van der Waals surface area contributed by atoms with Crippen molar-refractivity contribution in [3.05, 3.63) is 212 Å². The zero-order valence-corrected chi connectivity index (χ0v) is 30.0. The van der Waals surface area contributed by atoms with E-state index in [9.17, 15) is 0 Å². The van der Waals surface area contributed by atoms with Crippen LogP contribution < -0.4 is 4.90 Å². The first kappa shape index (κ1) is 31.2. The van der Waals surface area contributed by atoms with Crippen molar-refractivity contribution in [1.82, 2.24) is 9.13 Å². The van der Waals surface area contributed by atoms with Gasteiger partial charge in [0.25, 0.3) is 0 Å². The van der Waals surface area contributed by atoms with Crippen molar-refractivity contribution in [1.29, 1.82) is 0 Å². The predicted octanol–water partition coefficient (Wildman–Crippen LogP) is 14.2. The lowest BCUT2D eigenvalue weighted by Gasteiger charge is -2.26. The molecular weight excluding hydrogens is 667 g/mol. The second-order valence-corrected chi connectivity index (χ2v) is 14.2. The largest absolute Gasteiger partial charge is 0.311 e. The first-order valence-electron chi connectivity index (χ1n) is 18.9. The van der Waals surface area contributed by atoms with Crippen molar-refractivity contribution in [2.75, 3.05) is 4.90 Å². The molecule has 2 aromatic heterocycles. The smallest absolute Gasteiger partial charge is 0.0541 e. The van der Waals surface area contributed by atoms with Crippen LogP contribution >= 0.6 is 0 Å². The van der Waals surface area contributed by atoms with Gasteiger partial charge in [0.2, 0.25) is 0 Å². The molecule has 11 aromatic rings. The Morgan fingerprint density at radius 3 is 1.44 bits per heavy atom. The van der Waals surface area contributed by atoms with E-state index in [1.165, 1.54) is 71.2 Å². The lowest BCUT2D eigenvalue weighted by atomic mass is 10.0. The standard InChI is InChI=1S/C52H35N3/c1-2-15-39(16-3-1)53(41-30-32-42(33-31-41)54-49-21-9-6-18-44(49)45-19-7-10-22-50(45)54)40-28-25-36(26-29-40)38-27-34-52-47(35-38)46-20-8-11-23-51(46)55(52)48-24-12-14-37-13-4-5-17-43(37)48/h1-35H. The lowest BCUT2D eigenvalue weighted by Crippen LogP contribution is -2.10. The van der Waals surface area contributed by atoms with E-state index in [0.717, 1.165) is 22.7 Å². The Labute approximate surface area is 319 Å². The minimum Gasteiger partial charge on any atom is -0.311 e. The Hall–Kier alpha value is -7.36. The predicted molar refractivity (Wildman–Crippen MR) is 233 cm³/mol. The summed E-state index contributed by atoms with van der Waals surface area (Å²) in [5.41, 5.74) is 12.9. The number of rotatable bonds is 6. The second-order valence-electron chi connectivity index (χ2n) is 14.2. The van der Waals surface area contributed by atoms with Gasteiger partial charge in [-0.25, -0.2) is 0 Å². The highest BCUT2D eigenvalue weighted by atomic mass is 15.1. The number of nitrogens with zero attached hydrogens (tertiary/aromatic N) is 3. The number of para-hydroxylation sites is 4. The third-order valence-corrected chi connectivity index (χ3v) is 11.1. The first-order chi connectivity index (χ1) is 27.3. The van der Waals surface area contributed by atoms with E-state index >= 15 is 0 Å². The van der Waals surface area contributed by atoms with Crippen molar-refractivity contribution >= 4 is 71.4 Å². The number of aromatic nitrogens is 2. The molecule has 0 bridgehead atoms. The molecule has 0 radical (unpaired) electrons. The molecule has 11 rings (SSSR count). The van der Waals surface area contributed by atoms with E-state index in [4.69, 9.17) is 0 Å². The number of anilines is 3. The summed E-state index contributed by atoms with van der Waals surface area (Å²) < 4.78 is 4.79. The number of hydrogen-bond acceptors (Lipinski definition) is 1. The highest BCUT2D eigenvalue weighted by Crippen LogP contribution is 2.40. The molecule has 0 aliphatic heterocycles. The van der Waals surface area contributed by atoms with Crippen molar-refractivity contribution in [3.63, 3.8) is 0 Å². The molecule has 0 N–H and O–H groups in total. The SMILES string of the molecule is c1ccc(N(c2ccc(-c3ccc4c(c3)c3ccccc3n4-c3cccc4ccccc34)cc2)c2ccc(-n3c4ccccc4c4ccccc43)cc2)cc1. The molecule has 0 saturated heterocycles. The Balaban J connectivity index is 0.983. The minimum atomic E-state index is 1.10. The first-order valence-corrected chi connectivity index (χ1v) is 18.9. The fourth-order valence-corrected chi connectivity index (χ4v) is 8.59. The fraction of sp³-hybridized carbons (Fsp3) is 0. The van der Waals surface area contributed by atoms with Gasteiger partial charge >= 0.3 is 0 Å². The van der Waals surface area contributed by atoms with Gasteiger partial charge in [-0.05, 0) is 101 Å². The fourth-order valence-electron chi connectivity index (χ4n) is 8.59. The number of benzene rings is 9. The average molecular weight is 702 g/mol. The Bertz CT molecular complexity index is 3130. The van der Waals surface area contributed by atoms with Gasteiger partial charge in [0.05, 0.1) is 27.8 Å². The summed E-state index contributed by atoms with van der Waals surface area (Å²) in [7, 11) is 0. The third kappa shape index (κ3) is 5.05. The van der Waals surface area contributed by atoms with Gasteiger partial charge in [0, 0.05) is 49.7 Å². The topological polar surface area (TPSA) is 13.1 Å². The maximum atomic E-state index is 2.42. The molecule has 2 heterocycles. The average Bonchev–Trinajstić information content (AvgIpc) is 3.77. The summed E-state index contributed by atoms with van der Waals surface area (Å²) in [6.07, 6.45) is 0. The molecule has 3 nitrogen and oxygen atoms in total. The molecule has 0 unspecified atom stereocenters. The van der Waals surface area contributed by atoms with Crippen molar-refractivity contribution < 1.29 is 0 Å². The number of hydrogen-bond donors (Lipinski definition) is 0. The summed E-state index contributed by atoms with van der Waals surface area (Å²) in [4.78, 5) is 2.33. The highest BCUT2D eigenvalue weighted by molar-refractivity contribution is 6.12. The molecule has 0 atom stereocenters. The molecule has 0 amide bonds. The summed E-state index contributed by atoms with van der Waals surface area (Å²) in [6, 6.07) is 76.8. The highest BCUT2D eigenvalue weighted by Gasteiger charge is 2.17. The molecule has 0 spiro atoms. The van der Waals surface area contributed by atoms with Crippen LogP contribution in [0, 0.1) is 0 Å². The Morgan fingerprint density at radius 2 is 0.764 bits per heavy atom. The van der Waals surface area contributed by atoms with Crippen LogP contribution in [0.4, 0.5) is 17.1 Å². The molecule has 0 saturated carbocycles. The number of fused-ring (bicyclic) bond motifs is 7. The zero-order valence-electron chi connectivity index (χ0n) is 30.0. The molecule has 0 aliphatic rings. The quantitative estimate of drug-likeness (QED) is 0.168. The molecule has 0 aliphatic carbocycles. The van der Waals surface area contributed by atoms with Crippen LogP contribution in [0.3, 0.4) is 0 Å². The molecule has 55 heavy (non-hydrogen) atoms. The monoisotopic (exact) mass is 701 g/mol. The maximum absolute atomic E-state index is 2.42. The van der Waals surface area contributed by atoms with Gasteiger partial charge in [0.1, 0.15) is 0 Å². The van der Waals surface area contributed by atoms with Crippen LogP contribution in [0.2, 0.25) is 0 Å². The second kappa shape index (κ2) is 12.6. The van der Waals surface area contributed by atoms with Crippen LogP contribution in [0.25, 0.3) is 76.9 Å². The molecule has 9 aromatic carbocycles. The summed E-state index contributed by atoms with van der Waals surface area (Å²) in [5.74, 6) is 0. The summed E-state index contributed by atoms with van der Waals surface area (Å²) in [6.45, 7) is 0. The molecule has 258 valence electrons. The van der Waals surface area contributed by atoms with Gasteiger partial charge in [-0.15, -0.1) is 0 Å². The zero-order chi connectivity index (χ0) is 36.3. The van der Waals surface area contributed by atoms with E-state index in [-0.39, 0.29) is 0 Å². The molecule has 0 fully saturated rings. The normalized spacial score (nSPS) is 11.6. The van der Waals surface area contributed by atoms with E-state index in [2.05, 4.69) is 226 Å². The van der Waals surface area contributed by atoms with E-state index in [0.29, 0.717) is 0 Å². The van der Waals surface area contributed by atoms with Gasteiger partial charge in [-0.1, -0.05) is 127 Å². The van der Waals surface area contributed by atoms with Crippen molar-refractivity contribution in [2.24, 2.45) is 0 Å². The van der Waals surface area contributed by atoms with E-state index in [1.54, 1.807) is 0 Å². The summed E-state index contributed by atoms with van der Waals surface area (Å²) in [5, 5.41) is 7.52. The van der Waals surface area contributed by atoms with E-state index in [1.807, 2.05) is 0 Å². The van der Waals surface area contributed by atoms with Crippen LogP contribution in [0.1, 0.15) is 0 Å². The van der Waals surface area contributed by atoms with Crippen LogP contribution in [0.15, 0.2) is 212 Å².